The Hall–Kier alpha value is -2.37. The summed E-state index contributed by atoms with van der Waals surface area (Å²) in [7, 11) is 0. The topological polar surface area (TPSA) is 83.2 Å². The van der Waals surface area contributed by atoms with Crippen LogP contribution in [-0.4, -0.2) is 28.4 Å². The van der Waals surface area contributed by atoms with Gasteiger partial charge >= 0.3 is 0 Å². The number of nitrogen functional groups attached to an aromatic ring is 1. The van der Waals surface area contributed by atoms with Crippen molar-refractivity contribution in [2.45, 2.75) is 0 Å². The Labute approximate surface area is 97.4 Å². The highest BCUT2D eigenvalue weighted by molar-refractivity contribution is 5.71. The van der Waals surface area contributed by atoms with Gasteiger partial charge in [0.2, 0.25) is 0 Å². The molecule has 0 amide bonds. The molecule has 0 atom stereocenters. The van der Waals surface area contributed by atoms with E-state index in [9.17, 15) is 0 Å². The Morgan fingerprint density at radius 1 is 1.12 bits per heavy atom. The van der Waals surface area contributed by atoms with Crippen LogP contribution in [0.3, 0.4) is 0 Å². The molecule has 0 unspecified atom stereocenters. The number of hydrogen-bond acceptors (Lipinski definition) is 6. The molecule has 6 nitrogen and oxygen atoms in total. The fraction of sp³-hybridized carbons (Fsp3) is 0.182. The van der Waals surface area contributed by atoms with E-state index < -0.39 is 0 Å². The van der Waals surface area contributed by atoms with Crippen LogP contribution >= 0.6 is 0 Å². The minimum absolute atomic E-state index is 0.344. The monoisotopic (exact) mass is 230 g/mol. The largest absolute Gasteiger partial charge is 0.486 e. The van der Waals surface area contributed by atoms with Crippen molar-refractivity contribution >= 4 is 5.82 Å². The molecule has 1 aliphatic heterocycles. The summed E-state index contributed by atoms with van der Waals surface area (Å²) < 4.78 is 10.9. The summed E-state index contributed by atoms with van der Waals surface area (Å²) in [6.07, 6.45) is 1.32. The zero-order valence-electron chi connectivity index (χ0n) is 8.96. The van der Waals surface area contributed by atoms with Gasteiger partial charge in [0.1, 0.15) is 25.2 Å². The molecule has 2 N–H and O–H groups in total. The molecule has 1 aromatic carbocycles. The number of benzene rings is 1. The third kappa shape index (κ3) is 1.73. The quantitative estimate of drug-likeness (QED) is 0.783. The number of nitrogens with two attached hydrogens (primary N) is 1. The molecule has 3 rings (SSSR count). The van der Waals surface area contributed by atoms with Crippen LogP contribution in [0.15, 0.2) is 24.5 Å². The molecule has 86 valence electrons. The summed E-state index contributed by atoms with van der Waals surface area (Å²) in [4.78, 5) is 3.90. The lowest BCUT2D eigenvalue weighted by Gasteiger charge is -2.18. The first-order valence-electron chi connectivity index (χ1n) is 5.18. The van der Waals surface area contributed by atoms with E-state index in [1.807, 2.05) is 18.2 Å². The summed E-state index contributed by atoms with van der Waals surface area (Å²) in [5.74, 6) is 1.77. The predicted octanol–water partition coefficient (Wildman–Crippen LogP) is 0.892. The number of hydrogen-bond donors (Lipinski definition) is 1. The normalized spacial score (nSPS) is 13.4. The van der Waals surface area contributed by atoms with Gasteiger partial charge in [0.15, 0.2) is 17.3 Å². The molecule has 2 heterocycles. The average Bonchev–Trinajstić information content (AvgIpc) is 2.39. The van der Waals surface area contributed by atoms with E-state index in [1.54, 1.807) is 0 Å². The smallest absolute Gasteiger partial charge is 0.162 e. The van der Waals surface area contributed by atoms with E-state index >= 15 is 0 Å². The maximum atomic E-state index is 5.74. The van der Waals surface area contributed by atoms with E-state index in [0.29, 0.717) is 30.5 Å². The van der Waals surface area contributed by atoms with Crippen molar-refractivity contribution in [3.63, 3.8) is 0 Å². The van der Waals surface area contributed by atoms with Gasteiger partial charge in [0.25, 0.3) is 0 Å². The summed E-state index contributed by atoms with van der Waals surface area (Å²) >= 11 is 0. The van der Waals surface area contributed by atoms with Crippen LogP contribution < -0.4 is 15.2 Å². The van der Waals surface area contributed by atoms with Crippen LogP contribution in [0.2, 0.25) is 0 Å². The minimum Gasteiger partial charge on any atom is -0.486 e. The molecule has 2 aromatic rings. The summed E-state index contributed by atoms with van der Waals surface area (Å²) in [5.41, 5.74) is 7.10. The first-order valence-corrected chi connectivity index (χ1v) is 5.18. The van der Waals surface area contributed by atoms with Crippen molar-refractivity contribution in [3.8, 4) is 22.8 Å². The first kappa shape index (κ1) is 9.83. The Balaban J connectivity index is 2.07. The van der Waals surface area contributed by atoms with E-state index in [4.69, 9.17) is 15.2 Å². The average molecular weight is 230 g/mol. The van der Waals surface area contributed by atoms with Gasteiger partial charge in [-0.1, -0.05) is 0 Å². The molecule has 1 aromatic heterocycles. The number of rotatable bonds is 1. The van der Waals surface area contributed by atoms with Crippen molar-refractivity contribution < 1.29 is 9.47 Å². The molecular formula is C11H10N4O2. The third-order valence-corrected chi connectivity index (χ3v) is 2.46. The second-order valence-electron chi connectivity index (χ2n) is 3.55. The highest BCUT2D eigenvalue weighted by Gasteiger charge is 2.14. The van der Waals surface area contributed by atoms with Gasteiger partial charge in [-0.3, -0.25) is 0 Å². The second kappa shape index (κ2) is 3.89. The summed E-state index contributed by atoms with van der Waals surface area (Å²) in [6, 6.07) is 5.52. The number of anilines is 1. The lowest BCUT2D eigenvalue weighted by atomic mass is 10.1. The number of nitrogens with zero attached hydrogens (tertiary/aromatic N) is 3. The molecule has 17 heavy (non-hydrogen) atoms. The van der Waals surface area contributed by atoms with Gasteiger partial charge in [-0.2, -0.15) is 0 Å². The van der Waals surface area contributed by atoms with Crippen LogP contribution in [0, 0.1) is 0 Å². The Morgan fingerprint density at radius 2 is 1.94 bits per heavy atom. The Bertz CT molecular complexity index is 559. The maximum Gasteiger partial charge on any atom is 0.162 e. The molecule has 0 saturated carbocycles. The number of fused-ring (bicyclic) bond motifs is 1. The fourth-order valence-electron chi connectivity index (χ4n) is 1.68. The standard InChI is InChI=1S/C11H10N4O2/c12-11-10(15-14-6-13-11)7-1-2-8-9(5-7)17-4-3-16-8/h1-2,5-6H,3-4H2,(H2,12,13,14). The fourth-order valence-corrected chi connectivity index (χ4v) is 1.68. The van der Waals surface area contributed by atoms with Gasteiger partial charge in [-0.25, -0.2) is 4.98 Å². The summed E-state index contributed by atoms with van der Waals surface area (Å²) in [6.45, 7) is 1.12. The van der Waals surface area contributed by atoms with Crippen LogP contribution in [0.1, 0.15) is 0 Å². The molecule has 0 radical (unpaired) electrons. The highest BCUT2D eigenvalue weighted by Crippen LogP contribution is 2.34. The van der Waals surface area contributed by atoms with Crippen LogP contribution in [-0.2, 0) is 0 Å². The number of ether oxygens (including phenoxy) is 2. The molecule has 6 heteroatoms. The van der Waals surface area contributed by atoms with Gasteiger partial charge in [0.05, 0.1) is 0 Å². The Kier molecular flexibility index (Phi) is 2.25. The number of aromatic nitrogens is 3. The molecule has 1 aliphatic rings. The zero-order chi connectivity index (χ0) is 11.7. The molecule has 0 fully saturated rings. The van der Waals surface area contributed by atoms with Gasteiger partial charge in [-0.15, -0.1) is 10.2 Å². The molecule has 0 saturated heterocycles. The maximum absolute atomic E-state index is 5.74. The van der Waals surface area contributed by atoms with Gasteiger partial charge in [-0.05, 0) is 18.2 Å². The lowest BCUT2D eigenvalue weighted by Crippen LogP contribution is -2.15. The molecule has 0 aliphatic carbocycles. The van der Waals surface area contributed by atoms with Crippen LogP contribution in [0.4, 0.5) is 5.82 Å². The van der Waals surface area contributed by atoms with Crippen molar-refractivity contribution in [3.05, 3.63) is 24.5 Å². The predicted molar refractivity (Wildman–Crippen MR) is 60.7 cm³/mol. The van der Waals surface area contributed by atoms with E-state index in [1.165, 1.54) is 6.33 Å². The second-order valence-corrected chi connectivity index (χ2v) is 3.55. The Morgan fingerprint density at radius 3 is 2.76 bits per heavy atom. The van der Waals surface area contributed by atoms with E-state index in [-0.39, 0.29) is 0 Å². The van der Waals surface area contributed by atoms with Crippen molar-refractivity contribution in [2.24, 2.45) is 0 Å². The first-order chi connectivity index (χ1) is 8.34. The van der Waals surface area contributed by atoms with Crippen molar-refractivity contribution in [2.75, 3.05) is 18.9 Å². The molecule has 0 spiro atoms. The van der Waals surface area contributed by atoms with Crippen LogP contribution in [0.25, 0.3) is 11.3 Å². The SMILES string of the molecule is Nc1ncnnc1-c1ccc2c(c1)OCCO2. The van der Waals surface area contributed by atoms with Gasteiger partial charge in [0, 0.05) is 5.56 Å². The highest BCUT2D eigenvalue weighted by atomic mass is 16.6. The van der Waals surface area contributed by atoms with Crippen molar-refractivity contribution in [1.29, 1.82) is 0 Å². The summed E-state index contributed by atoms with van der Waals surface area (Å²) in [5, 5.41) is 7.68. The van der Waals surface area contributed by atoms with Crippen LogP contribution in [0.5, 0.6) is 11.5 Å². The van der Waals surface area contributed by atoms with Gasteiger partial charge < -0.3 is 15.2 Å². The van der Waals surface area contributed by atoms with E-state index in [2.05, 4.69) is 15.2 Å². The van der Waals surface area contributed by atoms with Crippen molar-refractivity contribution in [1.82, 2.24) is 15.2 Å². The lowest BCUT2D eigenvalue weighted by molar-refractivity contribution is 0.171. The molecular weight excluding hydrogens is 220 g/mol. The van der Waals surface area contributed by atoms with E-state index in [0.717, 1.165) is 11.3 Å². The third-order valence-electron chi connectivity index (χ3n) is 2.46. The zero-order valence-corrected chi connectivity index (χ0v) is 8.96. The minimum atomic E-state index is 0.344. The molecule has 0 bridgehead atoms.